The van der Waals surface area contributed by atoms with Gasteiger partial charge in [-0.05, 0) is 42.8 Å². The Morgan fingerprint density at radius 2 is 2.10 bits per heavy atom. The van der Waals surface area contributed by atoms with Gasteiger partial charge in [-0.3, -0.25) is 4.98 Å². The predicted molar refractivity (Wildman–Crippen MR) is 77.4 cm³/mol. The molecule has 1 N–H and O–H groups in total. The zero-order valence-electron chi connectivity index (χ0n) is 12.0. The Labute approximate surface area is 118 Å². The minimum absolute atomic E-state index is 0.186. The minimum Gasteiger partial charge on any atom is -0.497 e. The van der Waals surface area contributed by atoms with Crippen LogP contribution in [0, 0.1) is 12.7 Å². The van der Waals surface area contributed by atoms with E-state index in [1.54, 1.807) is 19.4 Å². The molecule has 0 aliphatic carbocycles. The number of halogens is 1. The summed E-state index contributed by atoms with van der Waals surface area (Å²) in [7, 11) is 1.64. The zero-order chi connectivity index (χ0) is 14.5. The molecule has 4 heteroatoms. The van der Waals surface area contributed by atoms with E-state index in [1.807, 2.05) is 32.0 Å². The summed E-state index contributed by atoms with van der Waals surface area (Å²) >= 11 is 0. The SMILES string of the molecule is CCNC(c1ccc(OC)cc1C)c1ccncc1F. The minimum atomic E-state index is -0.298. The number of nitrogens with zero attached hydrogens (tertiary/aromatic N) is 1. The normalized spacial score (nSPS) is 12.2. The number of benzene rings is 1. The Morgan fingerprint density at radius 3 is 2.70 bits per heavy atom. The van der Waals surface area contributed by atoms with Crippen molar-refractivity contribution in [3.05, 3.63) is 59.2 Å². The second kappa shape index (κ2) is 6.48. The smallest absolute Gasteiger partial charge is 0.146 e. The molecule has 1 aromatic carbocycles. The fraction of sp³-hybridized carbons (Fsp3) is 0.312. The molecule has 2 rings (SSSR count). The summed E-state index contributed by atoms with van der Waals surface area (Å²) in [6, 6.07) is 7.35. The van der Waals surface area contributed by atoms with Crippen LogP contribution in [0.15, 0.2) is 36.7 Å². The molecule has 0 radical (unpaired) electrons. The molecular weight excluding hydrogens is 255 g/mol. The summed E-state index contributed by atoms with van der Waals surface area (Å²) in [6.07, 6.45) is 2.86. The molecule has 0 aliphatic rings. The third-order valence-corrected chi connectivity index (χ3v) is 3.31. The number of hydrogen-bond acceptors (Lipinski definition) is 3. The summed E-state index contributed by atoms with van der Waals surface area (Å²) in [4.78, 5) is 3.81. The number of methoxy groups -OCH3 is 1. The van der Waals surface area contributed by atoms with Crippen molar-refractivity contribution in [3.8, 4) is 5.75 Å². The third kappa shape index (κ3) is 2.96. The first kappa shape index (κ1) is 14.5. The highest BCUT2D eigenvalue weighted by molar-refractivity contribution is 5.41. The van der Waals surface area contributed by atoms with Gasteiger partial charge in [0, 0.05) is 11.8 Å². The molecule has 1 aromatic heterocycles. The van der Waals surface area contributed by atoms with Crippen molar-refractivity contribution in [2.75, 3.05) is 13.7 Å². The molecule has 0 bridgehead atoms. The molecule has 1 heterocycles. The quantitative estimate of drug-likeness (QED) is 0.909. The van der Waals surface area contributed by atoms with Crippen molar-refractivity contribution < 1.29 is 9.13 Å². The van der Waals surface area contributed by atoms with Crippen molar-refractivity contribution in [3.63, 3.8) is 0 Å². The molecule has 106 valence electrons. The summed E-state index contributed by atoms with van der Waals surface area (Å²) in [6.45, 7) is 4.75. The van der Waals surface area contributed by atoms with Crippen LogP contribution in [0.5, 0.6) is 5.75 Å². The van der Waals surface area contributed by atoms with E-state index in [0.29, 0.717) is 5.56 Å². The molecule has 0 fully saturated rings. The van der Waals surface area contributed by atoms with Crippen molar-refractivity contribution in [1.29, 1.82) is 0 Å². The number of aromatic nitrogens is 1. The molecule has 0 amide bonds. The lowest BCUT2D eigenvalue weighted by Crippen LogP contribution is -2.23. The number of nitrogens with one attached hydrogen (secondary N) is 1. The molecule has 2 aromatic rings. The number of hydrogen-bond donors (Lipinski definition) is 1. The van der Waals surface area contributed by atoms with Gasteiger partial charge in [-0.1, -0.05) is 13.0 Å². The highest BCUT2D eigenvalue weighted by atomic mass is 19.1. The van der Waals surface area contributed by atoms with E-state index in [4.69, 9.17) is 4.74 Å². The summed E-state index contributed by atoms with van der Waals surface area (Å²) in [5.74, 6) is 0.505. The summed E-state index contributed by atoms with van der Waals surface area (Å²) in [5, 5.41) is 3.33. The largest absolute Gasteiger partial charge is 0.497 e. The van der Waals surface area contributed by atoms with Crippen LogP contribution in [0.2, 0.25) is 0 Å². The van der Waals surface area contributed by atoms with Gasteiger partial charge in [0.25, 0.3) is 0 Å². The van der Waals surface area contributed by atoms with Gasteiger partial charge < -0.3 is 10.1 Å². The van der Waals surface area contributed by atoms with E-state index >= 15 is 0 Å². The second-order valence-corrected chi connectivity index (χ2v) is 4.61. The van der Waals surface area contributed by atoms with E-state index in [2.05, 4.69) is 10.3 Å². The van der Waals surface area contributed by atoms with Gasteiger partial charge in [-0.2, -0.15) is 0 Å². The van der Waals surface area contributed by atoms with E-state index in [0.717, 1.165) is 23.4 Å². The third-order valence-electron chi connectivity index (χ3n) is 3.31. The van der Waals surface area contributed by atoms with Crippen LogP contribution in [0.4, 0.5) is 4.39 Å². The van der Waals surface area contributed by atoms with Gasteiger partial charge in [0.15, 0.2) is 0 Å². The van der Waals surface area contributed by atoms with Crippen LogP contribution < -0.4 is 10.1 Å². The highest BCUT2D eigenvalue weighted by Gasteiger charge is 2.18. The van der Waals surface area contributed by atoms with Gasteiger partial charge in [-0.25, -0.2) is 4.39 Å². The number of ether oxygens (including phenoxy) is 1. The van der Waals surface area contributed by atoms with Gasteiger partial charge in [0.2, 0.25) is 0 Å². The lowest BCUT2D eigenvalue weighted by atomic mass is 9.95. The van der Waals surface area contributed by atoms with Crippen molar-refractivity contribution in [1.82, 2.24) is 10.3 Å². The molecule has 20 heavy (non-hydrogen) atoms. The summed E-state index contributed by atoms with van der Waals surface area (Å²) in [5.41, 5.74) is 2.71. The molecule has 3 nitrogen and oxygen atoms in total. The molecule has 0 saturated carbocycles. The molecular formula is C16H19FN2O. The maximum atomic E-state index is 14.0. The Balaban J connectivity index is 2.46. The number of aryl methyl sites for hydroxylation is 1. The standard InChI is InChI=1S/C16H19FN2O/c1-4-19-16(14-7-8-18-10-15(14)17)13-6-5-12(20-3)9-11(13)2/h5-10,16,19H,4H2,1-3H3. The lowest BCUT2D eigenvalue weighted by Gasteiger charge is -2.21. The number of rotatable bonds is 5. The van der Waals surface area contributed by atoms with E-state index in [1.165, 1.54) is 6.20 Å². The Kier molecular flexibility index (Phi) is 4.69. The fourth-order valence-corrected chi connectivity index (χ4v) is 2.31. The fourth-order valence-electron chi connectivity index (χ4n) is 2.31. The average molecular weight is 274 g/mol. The first-order valence-corrected chi connectivity index (χ1v) is 6.64. The van der Waals surface area contributed by atoms with Crippen molar-refractivity contribution in [2.24, 2.45) is 0 Å². The zero-order valence-corrected chi connectivity index (χ0v) is 12.0. The van der Waals surface area contributed by atoms with Crippen LogP contribution in [0.1, 0.15) is 29.7 Å². The second-order valence-electron chi connectivity index (χ2n) is 4.61. The Bertz CT molecular complexity index is 586. The van der Waals surface area contributed by atoms with Crippen LogP contribution in [-0.4, -0.2) is 18.6 Å². The van der Waals surface area contributed by atoms with E-state index in [9.17, 15) is 4.39 Å². The van der Waals surface area contributed by atoms with Crippen molar-refractivity contribution in [2.45, 2.75) is 19.9 Å². The summed E-state index contributed by atoms with van der Waals surface area (Å²) < 4.78 is 19.2. The van der Waals surface area contributed by atoms with Gasteiger partial charge in [0.1, 0.15) is 11.6 Å². The van der Waals surface area contributed by atoms with Crippen molar-refractivity contribution >= 4 is 0 Å². The topological polar surface area (TPSA) is 34.1 Å². The monoisotopic (exact) mass is 274 g/mol. The maximum absolute atomic E-state index is 14.0. The van der Waals surface area contributed by atoms with Crippen LogP contribution in [0.3, 0.4) is 0 Å². The molecule has 0 saturated heterocycles. The van der Waals surface area contributed by atoms with Crippen LogP contribution >= 0.6 is 0 Å². The molecule has 1 unspecified atom stereocenters. The van der Waals surface area contributed by atoms with E-state index < -0.39 is 0 Å². The Hall–Kier alpha value is -1.94. The Morgan fingerprint density at radius 1 is 1.30 bits per heavy atom. The lowest BCUT2D eigenvalue weighted by molar-refractivity contribution is 0.414. The van der Waals surface area contributed by atoms with Crippen LogP contribution in [0.25, 0.3) is 0 Å². The predicted octanol–water partition coefficient (Wildman–Crippen LogP) is 3.24. The van der Waals surface area contributed by atoms with E-state index in [-0.39, 0.29) is 11.9 Å². The highest BCUT2D eigenvalue weighted by Crippen LogP contribution is 2.28. The molecule has 0 spiro atoms. The maximum Gasteiger partial charge on any atom is 0.146 e. The molecule has 0 aliphatic heterocycles. The number of pyridine rings is 1. The first-order chi connectivity index (χ1) is 9.67. The van der Waals surface area contributed by atoms with Gasteiger partial charge in [-0.15, -0.1) is 0 Å². The average Bonchev–Trinajstić information content (AvgIpc) is 2.46. The van der Waals surface area contributed by atoms with Crippen LogP contribution in [-0.2, 0) is 0 Å². The molecule has 1 atom stereocenters. The van der Waals surface area contributed by atoms with Gasteiger partial charge in [0.05, 0.1) is 19.3 Å². The first-order valence-electron chi connectivity index (χ1n) is 6.64. The van der Waals surface area contributed by atoms with Gasteiger partial charge >= 0.3 is 0 Å².